The van der Waals surface area contributed by atoms with Crippen molar-refractivity contribution in [3.05, 3.63) is 53.6 Å². The normalized spacial score (nSPS) is 10.6. The molecule has 5 nitrogen and oxygen atoms in total. The van der Waals surface area contributed by atoms with Gasteiger partial charge in [-0.25, -0.2) is 0 Å². The van der Waals surface area contributed by atoms with Crippen LogP contribution >= 0.6 is 0 Å². The van der Waals surface area contributed by atoms with Crippen molar-refractivity contribution in [2.45, 2.75) is 0 Å². The molecule has 0 amide bonds. The molecule has 0 aliphatic carbocycles. The van der Waals surface area contributed by atoms with Gasteiger partial charge in [0.05, 0.1) is 26.9 Å². The minimum atomic E-state index is -0.192. The standard InChI is InChI=1S/C18H19NO4/c1-21-12-10-17(22-2)14(18(11-12)23-3)8-9-16(20)13-6-4-5-7-15(13)19/h4-11H,19H2,1-3H3/b9-8+. The number of nitrogens with two attached hydrogens (primary N) is 1. The number of rotatable bonds is 6. The number of allylic oxidation sites excluding steroid dienone is 1. The summed E-state index contributed by atoms with van der Waals surface area (Å²) in [4.78, 5) is 12.3. The highest BCUT2D eigenvalue weighted by Gasteiger charge is 2.12. The average molecular weight is 313 g/mol. The third-order valence-corrected chi connectivity index (χ3v) is 3.38. The Bertz CT molecular complexity index is 713. The van der Waals surface area contributed by atoms with Crippen molar-refractivity contribution >= 4 is 17.5 Å². The Morgan fingerprint density at radius 2 is 1.61 bits per heavy atom. The second-order valence-corrected chi connectivity index (χ2v) is 4.73. The summed E-state index contributed by atoms with van der Waals surface area (Å²) in [6.45, 7) is 0. The number of hydrogen-bond acceptors (Lipinski definition) is 5. The van der Waals surface area contributed by atoms with E-state index < -0.39 is 0 Å². The zero-order valence-electron chi connectivity index (χ0n) is 13.3. The van der Waals surface area contributed by atoms with Crippen LogP contribution in [0.4, 0.5) is 5.69 Å². The molecule has 2 N–H and O–H groups in total. The Balaban J connectivity index is 2.39. The van der Waals surface area contributed by atoms with Gasteiger partial charge in [-0.1, -0.05) is 12.1 Å². The first-order chi connectivity index (χ1) is 11.1. The van der Waals surface area contributed by atoms with Gasteiger partial charge in [0.25, 0.3) is 0 Å². The highest BCUT2D eigenvalue weighted by molar-refractivity contribution is 6.10. The molecule has 0 saturated carbocycles. The molecule has 0 aliphatic heterocycles. The van der Waals surface area contributed by atoms with Gasteiger partial charge in [-0.15, -0.1) is 0 Å². The molecule has 0 spiro atoms. The summed E-state index contributed by atoms with van der Waals surface area (Å²) in [6.07, 6.45) is 3.09. The van der Waals surface area contributed by atoms with E-state index in [1.165, 1.54) is 6.08 Å². The van der Waals surface area contributed by atoms with E-state index in [4.69, 9.17) is 19.9 Å². The summed E-state index contributed by atoms with van der Waals surface area (Å²) in [5, 5.41) is 0. The van der Waals surface area contributed by atoms with Crippen LogP contribution in [0.3, 0.4) is 0 Å². The van der Waals surface area contributed by atoms with Crippen LogP contribution in [-0.4, -0.2) is 27.1 Å². The van der Waals surface area contributed by atoms with Gasteiger partial charge in [0.15, 0.2) is 5.78 Å². The molecular weight excluding hydrogens is 294 g/mol. The fourth-order valence-corrected chi connectivity index (χ4v) is 2.17. The van der Waals surface area contributed by atoms with Gasteiger partial charge in [0, 0.05) is 23.4 Å². The monoisotopic (exact) mass is 313 g/mol. The minimum absolute atomic E-state index is 0.192. The summed E-state index contributed by atoms with van der Waals surface area (Å²) in [5.41, 5.74) is 7.37. The molecule has 2 rings (SSSR count). The van der Waals surface area contributed by atoms with E-state index in [9.17, 15) is 4.79 Å². The van der Waals surface area contributed by atoms with Crippen molar-refractivity contribution in [1.29, 1.82) is 0 Å². The molecule has 0 unspecified atom stereocenters. The maximum atomic E-state index is 12.3. The van der Waals surface area contributed by atoms with Crippen molar-refractivity contribution in [1.82, 2.24) is 0 Å². The SMILES string of the molecule is COc1cc(OC)c(/C=C/C(=O)c2ccccc2N)c(OC)c1. The molecule has 0 saturated heterocycles. The number of para-hydroxylation sites is 1. The number of benzene rings is 2. The predicted molar refractivity (Wildman–Crippen MR) is 90.3 cm³/mol. The van der Waals surface area contributed by atoms with Crippen molar-refractivity contribution in [2.75, 3.05) is 27.1 Å². The second-order valence-electron chi connectivity index (χ2n) is 4.73. The molecule has 0 heterocycles. The van der Waals surface area contributed by atoms with Crippen LogP contribution in [0.2, 0.25) is 0 Å². The van der Waals surface area contributed by atoms with E-state index in [0.717, 1.165) is 0 Å². The Morgan fingerprint density at radius 3 is 2.13 bits per heavy atom. The first kappa shape index (κ1) is 16.4. The summed E-state index contributed by atoms with van der Waals surface area (Å²) in [7, 11) is 4.65. The fraction of sp³-hybridized carbons (Fsp3) is 0.167. The molecule has 2 aromatic carbocycles. The number of ether oxygens (including phenoxy) is 3. The zero-order valence-corrected chi connectivity index (χ0v) is 13.3. The first-order valence-corrected chi connectivity index (χ1v) is 6.97. The molecule has 0 atom stereocenters. The second kappa shape index (κ2) is 7.35. The highest BCUT2D eigenvalue weighted by atomic mass is 16.5. The van der Waals surface area contributed by atoms with Crippen molar-refractivity contribution in [3.8, 4) is 17.2 Å². The number of anilines is 1. The van der Waals surface area contributed by atoms with Crippen LogP contribution in [0.15, 0.2) is 42.5 Å². The molecule has 0 bridgehead atoms. The van der Waals surface area contributed by atoms with Crippen LogP contribution in [0, 0.1) is 0 Å². The number of hydrogen-bond donors (Lipinski definition) is 1. The molecule has 0 aromatic heterocycles. The third kappa shape index (κ3) is 3.63. The van der Waals surface area contributed by atoms with Gasteiger partial charge in [-0.2, -0.15) is 0 Å². The summed E-state index contributed by atoms with van der Waals surface area (Å²) in [6, 6.07) is 10.4. The van der Waals surface area contributed by atoms with Gasteiger partial charge < -0.3 is 19.9 Å². The summed E-state index contributed by atoms with van der Waals surface area (Å²) >= 11 is 0. The lowest BCUT2D eigenvalue weighted by molar-refractivity contribution is 0.104. The average Bonchev–Trinajstić information content (AvgIpc) is 2.59. The van der Waals surface area contributed by atoms with Crippen molar-refractivity contribution in [3.63, 3.8) is 0 Å². The highest BCUT2D eigenvalue weighted by Crippen LogP contribution is 2.35. The predicted octanol–water partition coefficient (Wildman–Crippen LogP) is 3.19. The lowest BCUT2D eigenvalue weighted by Crippen LogP contribution is -2.00. The van der Waals surface area contributed by atoms with E-state index in [0.29, 0.717) is 34.1 Å². The molecule has 120 valence electrons. The fourth-order valence-electron chi connectivity index (χ4n) is 2.17. The molecule has 23 heavy (non-hydrogen) atoms. The largest absolute Gasteiger partial charge is 0.496 e. The first-order valence-electron chi connectivity index (χ1n) is 6.97. The lowest BCUT2D eigenvalue weighted by atomic mass is 10.1. The van der Waals surface area contributed by atoms with Gasteiger partial charge in [0.1, 0.15) is 17.2 Å². The minimum Gasteiger partial charge on any atom is -0.496 e. The quantitative estimate of drug-likeness (QED) is 0.504. The lowest BCUT2D eigenvalue weighted by Gasteiger charge is -2.12. The van der Waals surface area contributed by atoms with E-state index in [1.54, 1.807) is 63.8 Å². The van der Waals surface area contributed by atoms with Crippen LogP contribution in [0.25, 0.3) is 6.08 Å². The molecule has 5 heteroatoms. The maximum Gasteiger partial charge on any atom is 0.187 e. The molecule has 0 aliphatic rings. The van der Waals surface area contributed by atoms with Crippen LogP contribution in [0.1, 0.15) is 15.9 Å². The van der Waals surface area contributed by atoms with E-state index in [-0.39, 0.29) is 5.78 Å². The van der Waals surface area contributed by atoms with Crippen molar-refractivity contribution < 1.29 is 19.0 Å². The third-order valence-electron chi connectivity index (χ3n) is 3.38. The number of methoxy groups -OCH3 is 3. The number of carbonyl (C=O) groups is 1. The van der Waals surface area contributed by atoms with Gasteiger partial charge in [-0.3, -0.25) is 4.79 Å². The van der Waals surface area contributed by atoms with Crippen molar-refractivity contribution in [2.24, 2.45) is 0 Å². The van der Waals surface area contributed by atoms with E-state index in [2.05, 4.69) is 0 Å². The zero-order chi connectivity index (χ0) is 16.8. The smallest absolute Gasteiger partial charge is 0.187 e. The molecular formula is C18H19NO4. The number of nitrogen functional groups attached to an aromatic ring is 1. The topological polar surface area (TPSA) is 70.8 Å². The Hall–Kier alpha value is -2.95. The van der Waals surface area contributed by atoms with Crippen LogP contribution in [0.5, 0.6) is 17.2 Å². The van der Waals surface area contributed by atoms with Gasteiger partial charge >= 0.3 is 0 Å². The summed E-state index contributed by atoms with van der Waals surface area (Å²) in [5.74, 6) is 1.51. The van der Waals surface area contributed by atoms with Gasteiger partial charge in [0.2, 0.25) is 0 Å². The molecule has 2 aromatic rings. The Labute approximate surface area is 135 Å². The Kier molecular flexibility index (Phi) is 5.25. The number of ketones is 1. The van der Waals surface area contributed by atoms with Crippen LogP contribution < -0.4 is 19.9 Å². The summed E-state index contributed by atoms with van der Waals surface area (Å²) < 4.78 is 15.9. The van der Waals surface area contributed by atoms with E-state index >= 15 is 0 Å². The van der Waals surface area contributed by atoms with E-state index in [1.807, 2.05) is 0 Å². The maximum absolute atomic E-state index is 12.3. The van der Waals surface area contributed by atoms with Crippen LogP contribution in [-0.2, 0) is 0 Å². The number of carbonyl (C=O) groups excluding carboxylic acids is 1. The Morgan fingerprint density at radius 1 is 1.00 bits per heavy atom. The molecule has 0 fully saturated rings. The van der Waals surface area contributed by atoms with Gasteiger partial charge in [-0.05, 0) is 24.3 Å². The molecule has 0 radical (unpaired) electrons.